The summed E-state index contributed by atoms with van der Waals surface area (Å²) in [6, 6.07) is 11.7. The molecule has 0 saturated carbocycles. The van der Waals surface area contributed by atoms with Crippen LogP contribution in [0.2, 0.25) is 0 Å². The summed E-state index contributed by atoms with van der Waals surface area (Å²) in [6.07, 6.45) is 6.66. The van der Waals surface area contributed by atoms with Crippen LogP contribution in [0.5, 0.6) is 0 Å². The van der Waals surface area contributed by atoms with E-state index in [4.69, 9.17) is 16.6 Å². The average molecular weight is 312 g/mol. The number of nitrogens with zero attached hydrogens (tertiary/aromatic N) is 1. The number of para-hydroxylation sites is 1. The summed E-state index contributed by atoms with van der Waals surface area (Å²) in [7, 11) is 0. The van der Waals surface area contributed by atoms with Crippen LogP contribution >= 0.6 is 12.2 Å². The molecule has 1 aromatic carbocycles. The van der Waals surface area contributed by atoms with Gasteiger partial charge < -0.3 is 9.32 Å². The Balaban J connectivity index is 1.66. The van der Waals surface area contributed by atoms with Crippen molar-refractivity contribution in [1.82, 2.24) is 5.32 Å². The van der Waals surface area contributed by atoms with Crippen molar-refractivity contribution in [2.45, 2.75) is 12.8 Å². The first kappa shape index (κ1) is 14.5. The van der Waals surface area contributed by atoms with E-state index in [1.165, 1.54) is 11.6 Å². The maximum Gasteiger partial charge on any atom is 0.250 e. The largest absolute Gasteiger partial charge is 0.465 e. The quantitative estimate of drug-likeness (QED) is 0.683. The van der Waals surface area contributed by atoms with E-state index in [9.17, 15) is 4.79 Å². The van der Waals surface area contributed by atoms with Gasteiger partial charge in [-0.3, -0.25) is 10.1 Å². The summed E-state index contributed by atoms with van der Waals surface area (Å²) in [5.41, 5.74) is 2.34. The fourth-order valence-corrected chi connectivity index (χ4v) is 2.79. The molecule has 1 aliphatic rings. The fourth-order valence-electron chi connectivity index (χ4n) is 2.50. The van der Waals surface area contributed by atoms with E-state index < -0.39 is 0 Å². The molecule has 1 aromatic heterocycles. The van der Waals surface area contributed by atoms with Crippen molar-refractivity contribution in [1.29, 1.82) is 0 Å². The first-order chi connectivity index (χ1) is 10.7. The molecule has 2 aromatic rings. The summed E-state index contributed by atoms with van der Waals surface area (Å²) < 4.78 is 5.14. The van der Waals surface area contributed by atoms with E-state index in [1.54, 1.807) is 24.5 Å². The lowest BCUT2D eigenvalue weighted by Gasteiger charge is -2.31. The van der Waals surface area contributed by atoms with Gasteiger partial charge in [0.2, 0.25) is 5.91 Å². The monoisotopic (exact) mass is 312 g/mol. The van der Waals surface area contributed by atoms with Crippen molar-refractivity contribution in [2.75, 3.05) is 11.4 Å². The topological polar surface area (TPSA) is 45.5 Å². The highest BCUT2D eigenvalue weighted by atomic mass is 32.1. The molecule has 0 fully saturated rings. The first-order valence-corrected chi connectivity index (χ1v) is 7.57. The van der Waals surface area contributed by atoms with E-state index in [2.05, 4.69) is 11.4 Å². The Hall–Kier alpha value is -2.40. The van der Waals surface area contributed by atoms with Gasteiger partial charge in [-0.05, 0) is 54.9 Å². The molecule has 1 N–H and O–H groups in total. The van der Waals surface area contributed by atoms with Crippen LogP contribution in [-0.4, -0.2) is 17.6 Å². The Morgan fingerprint density at radius 3 is 2.95 bits per heavy atom. The van der Waals surface area contributed by atoms with Gasteiger partial charge in [-0.15, -0.1) is 0 Å². The van der Waals surface area contributed by atoms with E-state index in [0.29, 0.717) is 10.9 Å². The summed E-state index contributed by atoms with van der Waals surface area (Å²) in [4.78, 5) is 13.9. The molecule has 1 amide bonds. The number of carbonyl (C=O) groups excluding carboxylic acids is 1. The van der Waals surface area contributed by atoms with Crippen molar-refractivity contribution in [3.63, 3.8) is 0 Å². The van der Waals surface area contributed by atoms with Gasteiger partial charge >= 0.3 is 0 Å². The highest BCUT2D eigenvalue weighted by Gasteiger charge is 2.20. The minimum atomic E-state index is -0.260. The van der Waals surface area contributed by atoms with Gasteiger partial charge in [-0.25, -0.2) is 0 Å². The third-order valence-corrected chi connectivity index (χ3v) is 3.85. The molecule has 0 saturated heterocycles. The zero-order chi connectivity index (χ0) is 15.4. The molecule has 5 heteroatoms. The number of fused-ring (bicyclic) bond motifs is 1. The molecule has 0 unspecified atom stereocenters. The molecule has 0 aliphatic carbocycles. The van der Waals surface area contributed by atoms with Crippen LogP contribution in [0.3, 0.4) is 0 Å². The highest BCUT2D eigenvalue weighted by Crippen LogP contribution is 2.26. The maximum atomic E-state index is 11.9. The average Bonchev–Trinajstić information content (AvgIpc) is 3.06. The summed E-state index contributed by atoms with van der Waals surface area (Å²) >= 11 is 5.38. The maximum absolute atomic E-state index is 11.9. The van der Waals surface area contributed by atoms with E-state index in [1.807, 2.05) is 23.1 Å². The van der Waals surface area contributed by atoms with Gasteiger partial charge in [-0.1, -0.05) is 18.2 Å². The molecule has 22 heavy (non-hydrogen) atoms. The second-order valence-electron chi connectivity index (χ2n) is 5.03. The molecule has 3 rings (SSSR count). The van der Waals surface area contributed by atoms with E-state index in [-0.39, 0.29) is 5.91 Å². The number of aryl methyl sites for hydroxylation is 1. The standard InChI is InChI=1S/C17H16N2O2S/c20-16(10-9-14-7-4-12-21-14)18-17(22)19-11-3-6-13-5-1-2-8-15(13)19/h1-2,4-5,7-10,12H,3,6,11H2,(H,18,20,22)/b10-9+. The number of hydrogen-bond donors (Lipinski definition) is 1. The van der Waals surface area contributed by atoms with Crippen LogP contribution in [0, 0.1) is 0 Å². The molecule has 4 nitrogen and oxygen atoms in total. The number of carbonyl (C=O) groups is 1. The number of thiocarbonyl (C=S) groups is 1. The Morgan fingerprint density at radius 2 is 2.14 bits per heavy atom. The molecule has 0 radical (unpaired) electrons. The Kier molecular flexibility index (Phi) is 4.34. The number of furan rings is 1. The highest BCUT2D eigenvalue weighted by molar-refractivity contribution is 7.80. The third-order valence-electron chi connectivity index (χ3n) is 3.53. The molecule has 112 valence electrons. The molecule has 2 heterocycles. The van der Waals surface area contributed by atoms with Crippen molar-refractivity contribution < 1.29 is 9.21 Å². The second kappa shape index (κ2) is 6.58. The molecule has 1 aliphatic heterocycles. The van der Waals surface area contributed by atoms with Crippen LogP contribution < -0.4 is 10.2 Å². The minimum Gasteiger partial charge on any atom is -0.465 e. The van der Waals surface area contributed by atoms with Gasteiger partial charge in [-0.2, -0.15) is 0 Å². The van der Waals surface area contributed by atoms with Crippen LogP contribution in [0.15, 0.2) is 53.2 Å². The number of benzene rings is 1. The van der Waals surface area contributed by atoms with Crippen molar-refractivity contribution >= 4 is 35.0 Å². The lowest BCUT2D eigenvalue weighted by atomic mass is 10.0. The zero-order valence-electron chi connectivity index (χ0n) is 12.0. The summed E-state index contributed by atoms with van der Waals surface area (Å²) in [6.45, 7) is 0.817. The van der Waals surface area contributed by atoms with Crippen molar-refractivity contribution in [3.8, 4) is 0 Å². The van der Waals surface area contributed by atoms with E-state index in [0.717, 1.165) is 25.1 Å². The van der Waals surface area contributed by atoms with Gasteiger partial charge in [0, 0.05) is 18.3 Å². The predicted octanol–water partition coefficient (Wildman–Crippen LogP) is 3.15. The van der Waals surface area contributed by atoms with Crippen LogP contribution in [0.25, 0.3) is 6.08 Å². The third kappa shape index (κ3) is 3.26. The molecule has 0 atom stereocenters. The van der Waals surface area contributed by atoms with Gasteiger partial charge in [0.15, 0.2) is 5.11 Å². The van der Waals surface area contributed by atoms with Crippen molar-refractivity contribution in [3.05, 3.63) is 60.1 Å². The lowest BCUT2D eigenvalue weighted by Crippen LogP contribution is -2.44. The molecular formula is C17H16N2O2S. The Bertz CT molecular complexity index is 707. The van der Waals surface area contributed by atoms with Gasteiger partial charge in [0.25, 0.3) is 0 Å². The zero-order valence-corrected chi connectivity index (χ0v) is 12.8. The van der Waals surface area contributed by atoms with Gasteiger partial charge in [0.05, 0.1) is 6.26 Å². The Labute approximate surface area is 134 Å². The lowest BCUT2D eigenvalue weighted by molar-refractivity contribution is -0.115. The van der Waals surface area contributed by atoms with E-state index >= 15 is 0 Å². The molecule has 0 spiro atoms. The number of hydrogen-bond acceptors (Lipinski definition) is 3. The van der Waals surface area contributed by atoms with Crippen LogP contribution in [-0.2, 0) is 11.2 Å². The van der Waals surface area contributed by atoms with Gasteiger partial charge in [0.1, 0.15) is 5.76 Å². The SMILES string of the molecule is O=C(/C=C/c1ccco1)NC(=S)N1CCCc2ccccc21. The summed E-state index contributed by atoms with van der Waals surface area (Å²) in [5, 5.41) is 3.17. The molecular weight excluding hydrogens is 296 g/mol. The number of amides is 1. The minimum absolute atomic E-state index is 0.260. The Morgan fingerprint density at radius 1 is 1.27 bits per heavy atom. The number of nitrogens with one attached hydrogen (secondary N) is 1. The second-order valence-corrected chi connectivity index (χ2v) is 5.41. The summed E-state index contributed by atoms with van der Waals surface area (Å²) in [5.74, 6) is 0.369. The fraction of sp³-hybridized carbons (Fsp3) is 0.176. The van der Waals surface area contributed by atoms with Crippen LogP contribution in [0.4, 0.5) is 5.69 Å². The number of rotatable bonds is 2. The molecule has 0 bridgehead atoms. The smallest absolute Gasteiger partial charge is 0.250 e. The number of anilines is 1. The van der Waals surface area contributed by atoms with Crippen molar-refractivity contribution in [2.24, 2.45) is 0 Å². The van der Waals surface area contributed by atoms with Crippen LogP contribution in [0.1, 0.15) is 17.7 Å². The first-order valence-electron chi connectivity index (χ1n) is 7.16. The normalized spacial score (nSPS) is 13.9. The predicted molar refractivity (Wildman–Crippen MR) is 90.6 cm³/mol.